The summed E-state index contributed by atoms with van der Waals surface area (Å²) in [5, 5.41) is 4.81. The lowest BCUT2D eigenvalue weighted by Crippen LogP contribution is -2.21. The Hall–Kier alpha value is -1.20. The van der Waals surface area contributed by atoms with Crippen LogP contribution in [0.2, 0.25) is 0 Å². The summed E-state index contributed by atoms with van der Waals surface area (Å²) in [7, 11) is 0. The molecule has 0 saturated heterocycles. The van der Waals surface area contributed by atoms with Crippen molar-refractivity contribution >= 4 is 38.9 Å². The van der Waals surface area contributed by atoms with Gasteiger partial charge in [-0.25, -0.2) is 4.39 Å². The number of hydrogen-bond acceptors (Lipinski definition) is 2. The smallest absolute Gasteiger partial charge is 0.225 e. The quantitative estimate of drug-likeness (QED) is 0.839. The number of carbonyl (C=O) groups is 1. The first-order valence-corrected chi connectivity index (χ1v) is 7.14. The lowest BCUT2D eigenvalue weighted by Gasteiger charge is -2.23. The molecule has 1 aliphatic heterocycles. The first-order chi connectivity index (χ1) is 8.65. The molecule has 1 aromatic heterocycles. The van der Waals surface area contributed by atoms with E-state index in [1.807, 2.05) is 11.4 Å². The van der Waals surface area contributed by atoms with Crippen LogP contribution in [0.3, 0.4) is 0 Å². The van der Waals surface area contributed by atoms with Crippen LogP contribution in [0, 0.1) is 5.82 Å². The second kappa shape index (κ2) is 4.48. The Morgan fingerprint density at radius 2 is 2.22 bits per heavy atom. The summed E-state index contributed by atoms with van der Waals surface area (Å²) < 4.78 is 13.7. The summed E-state index contributed by atoms with van der Waals surface area (Å²) in [6.07, 6.45) is 0.408. The molecule has 3 rings (SSSR count). The van der Waals surface area contributed by atoms with Gasteiger partial charge in [-0.2, -0.15) is 0 Å². The van der Waals surface area contributed by atoms with Gasteiger partial charge in [0.15, 0.2) is 0 Å². The Kier molecular flexibility index (Phi) is 2.95. The van der Waals surface area contributed by atoms with Gasteiger partial charge in [-0.1, -0.05) is 6.07 Å². The van der Waals surface area contributed by atoms with Crippen LogP contribution < -0.4 is 5.32 Å². The van der Waals surface area contributed by atoms with E-state index in [2.05, 4.69) is 21.2 Å². The van der Waals surface area contributed by atoms with Crippen molar-refractivity contribution in [2.24, 2.45) is 0 Å². The van der Waals surface area contributed by atoms with Gasteiger partial charge in [-0.3, -0.25) is 4.79 Å². The highest BCUT2D eigenvalue weighted by atomic mass is 79.9. The topological polar surface area (TPSA) is 29.1 Å². The molecule has 1 aromatic carbocycles. The highest BCUT2D eigenvalue weighted by Gasteiger charge is 2.27. The van der Waals surface area contributed by atoms with E-state index in [-0.39, 0.29) is 17.6 Å². The molecule has 1 N–H and O–H groups in total. The number of benzene rings is 1. The largest absolute Gasteiger partial charge is 0.325 e. The molecule has 92 valence electrons. The molecule has 0 fully saturated rings. The second-order valence-corrected chi connectivity index (χ2v) is 5.98. The van der Waals surface area contributed by atoms with E-state index in [1.165, 1.54) is 6.07 Å². The number of nitrogens with one attached hydrogen (secondary N) is 1. The number of carbonyl (C=O) groups excluding carboxylic acids is 1. The number of thiophene rings is 1. The van der Waals surface area contributed by atoms with Crippen molar-refractivity contribution in [3.8, 4) is 0 Å². The zero-order valence-electron chi connectivity index (χ0n) is 9.24. The standard InChI is InChI=1S/C13H9BrFNOS/c14-9-5-7(1-2-10(9)15)8-6-12(17)16-11-3-4-18-13(8)11/h1-5,8H,6H2,(H,16,17). The summed E-state index contributed by atoms with van der Waals surface area (Å²) in [5.74, 6) is -0.262. The third-order valence-corrected chi connectivity index (χ3v) is 4.66. The van der Waals surface area contributed by atoms with Gasteiger partial charge in [-0.15, -0.1) is 11.3 Å². The van der Waals surface area contributed by atoms with Crippen LogP contribution in [0.1, 0.15) is 22.8 Å². The Labute approximate surface area is 116 Å². The molecule has 2 heterocycles. The van der Waals surface area contributed by atoms with E-state index in [1.54, 1.807) is 23.5 Å². The fraction of sp³-hybridized carbons (Fsp3) is 0.154. The minimum atomic E-state index is -0.287. The average Bonchev–Trinajstić information content (AvgIpc) is 2.79. The van der Waals surface area contributed by atoms with Crippen molar-refractivity contribution in [3.05, 3.63) is 50.4 Å². The minimum absolute atomic E-state index is 0.00588. The van der Waals surface area contributed by atoms with Crippen molar-refractivity contribution in [2.75, 3.05) is 5.32 Å². The van der Waals surface area contributed by atoms with Crippen molar-refractivity contribution in [1.82, 2.24) is 0 Å². The van der Waals surface area contributed by atoms with E-state index in [4.69, 9.17) is 0 Å². The second-order valence-electron chi connectivity index (χ2n) is 4.18. The predicted molar refractivity (Wildman–Crippen MR) is 73.5 cm³/mol. The minimum Gasteiger partial charge on any atom is -0.325 e. The molecule has 2 aromatic rings. The summed E-state index contributed by atoms with van der Waals surface area (Å²) in [6.45, 7) is 0. The van der Waals surface area contributed by atoms with E-state index >= 15 is 0 Å². The number of rotatable bonds is 1. The highest BCUT2D eigenvalue weighted by molar-refractivity contribution is 9.10. The van der Waals surface area contributed by atoms with E-state index < -0.39 is 0 Å². The number of halogens is 2. The van der Waals surface area contributed by atoms with Gasteiger partial charge >= 0.3 is 0 Å². The maximum absolute atomic E-state index is 13.3. The van der Waals surface area contributed by atoms with E-state index in [0.717, 1.165) is 16.1 Å². The molecule has 1 aliphatic rings. The monoisotopic (exact) mass is 325 g/mol. The van der Waals surface area contributed by atoms with Crippen LogP contribution >= 0.6 is 27.3 Å². The van der Waals surface area contributed by atoms with Gasteiger partial charge in [0.2, 0.25) is 5.91 Å². The summed E-state index contributed by atoms with van der Waals surface area (Å²) in [5.41, 5.74) is 1.84. The maximum Gasteiger partial charge on any atom is 0.225 e. The van der Waals surface area contributed by atoms with Crippen LogP contribution in [0.5, 0.6) is 0 Å². The molecule has 0 spiro atoms. The normalized spacial score (nSPS) is 18.3. The third kappa shape index (κ3) is 1.97. The lowest BCUT2D eigenvalue weighted by molar-refractivity contribution is -0.116. The molecule has 1 atom stereocenters. The summed E-state index contributed by atoms with van der Waals surface area (Å²) >= 11 is 4.80. The van der Waals surface area contributed by atoms with Crippen LogP contribution in [-0.4, -0.2) is 5.91 Å². The number of hydrogen-bond donors (Lipinski definition) is 1. The SMILES string of the molecule is O=C1CC(c2ccc(F)c(Br)c2)c2sccc2N1. The van der Waals surface area contributed by atoms with E-state index in [0.29, 0.717) is 10.9 Å². The Bertz CT molecular complexity index is 625. The van der Waals surface area contributed by atoms with Crippen molar-refractivity contribution < 1.29 is 9.18 Å². The molecule has 5 heteroatoms. The van der Waals surface area contributed by atoms with Gasteiger partial charge in [0, 0.05) is 17.2 Å². The molecule has 2 nitrogen and oxygen atoms in total. The molecule has 0 bridgehead atoms. The molecular weight excluding hydrogens is 317 g/mol. The lowest BCUT2D eigenvalue weighted by atomic mass is 9.91. The maximum atomic E-state index is 13.3. The third-order valence-electron chi connectivity index (χ3n) is 3.02. The van der Waals surface area contributed by atoms with Crippen LogP contribution in [-0.2, 0) is 4.79 Å². The van der Waals surface area contributed by atoms with Crippen LogP contribution in [0.15, 0.2) is 34.1 Å². The Morgan fingerprint density at radius 1 is 1.39 bits per heavy atom. The van der Waals surface area contributed by atoms with Gasteiger partial charge in [0.1, 0.15) is 5.82 Å². The Morgan fingerprint density at radius 3 is 3.00 bits per heavy atom. The molecular formula is C13H9BrFNOS. The van der Waals surface area contributed by atoms with Gasteiger partial charge < -0.3 is 5.32 Å². The highest BCUT2D eigenvalue weighted by Crippen LogP contribution is 2.41. The van der Waals surface area contributed by atoms with Crippen LogP contribution in [0.25, 0.3) is 0 Å². The number of fused-ring (bicyclic) bond motifs is 1. The molecule has 18 heavy (non-hydrogen) atoms. The van der Waals surface area contributed by atoms with Crippen molar-refractivity contribution in [1.29, 1.82) is 0 Å². The van der Waals surface area contributed by atoms with Gasteiger partial charge in [-0.05, 0) is 45.1 Å². The molecule has 1 amide bonds. The summed E-state index contributed by atoms with van der Waals surface area (Å²) in [6, 6.07) is 6.83. The number of anilines is 1. The van der Waals surface area contributed by atoms with Gasteiger partial charge in [0.25, 0.3) is 0 Å². The molecule has 0 saturated carbocycles. The fourth-order valence-corrected chi connectivity index (χ4v) is 3.55. The zero-order valence-corrected chi connectivity index (χ0v) is 11.6. The Balaban J connectivity index is 2.07. The molecule has 1 unspecified atom stereocenters. The summed E-state index contributed by atoms with van der Waals surface area (Å²) in [4.78, 5) is 12.8. The molecule has 0 radical (unpaired) electrons. The van der Waals surface area contributed by atoms with Gasteiger partial charge in [0.05, 0.1) is 10.2 Å². The average molecular weight is 326 g/mol. The van der Waals surface area contributed by atoms with Crippen molar-refractivity contribution in [2.45, 2.75) is 12.3 Å². The van der Waals surface area contributed by atoms with Crippen LogP contribution in [0.4, 0.5) is 10.1 Å². The zero-order chi connectivity index (χ0) is 12.7. The van der Waals surface area contributed by atoms with E-state index in [9.17, 15) is 9.18 Å². The fourth-order valence-electron chi connectivity index (χ4n) is 2.17. The first-order valence-electron chi connectivity index (χ1n) is 5.47. The first kappa shape index (κ1) is 11.9. The van der Waals surface area contributed by atoms with Crippen molar-refractivity contribution in [3.63, 3.8) is 0 Å². The predicted octanol–water partition coefficient (Wildman–Crippen LogP) is 4.12. The molecule has 0 aliphatic carbocycles. The number of amides is 1.